The normalized spacial score (nSPS) is 23.9. The summed E-state index contributed by atoms with van der Waals surface area (Å²) in [5.74, 6) is 1.51. The number of hydrogen-bond donors (Lipinski definition) is 1. The molecule has 1 N–H and O–H groups in total. The molecule has 1 saturated heterocycles. The minimum atomic E-state index is 0.349. The molecule has 1 aromatic carbocycles. The van der Waals surface area contributed by atoms with Crippen LogP contribution < -0.4 is 10.1 Å². The minimum absolute atomic E-state index is 0.349. The van der Waals surface area contributed by atoms with E-state index in [1.165, 1.54) is 5.56 Å². The molecule has 2 aliphatic heterocycles. The fourth-order valence-corrected chi connectivity index (χ4v) is 2.68. The van der Waals surface area contributed by atoms with Crippen LogP contribution in [0.15, 0.2) is 12.1 Å². The minimum Gasteiger partial charge on any atom is -0.467 e. The zero-order chi connectivity index (χ0) is 11.0. The van der Waals surface area contributed by atoms with Crippen molar-refractivity contribution in [1.82, 2.24) is 5.32 Å². The zero-order valence-electron chi connectivity index (χ0n) is 8.96. The van der Waals surface area contributed by atoms with Crippen LogP contribution in [-0.4, -0.2) is 19.9 Å². The summed E-state index contributed by atoms with van der Waals surface area (Å²) in [6, 6.07) is 3.96. The number of benzene rings is 1. The van der Waals surface area contributed by atoms with E-state index in [9.17, 15) is 0 Å². The van der Waals surface area contributed by atoms with Crippen molar-refractivity contribution in [2.75, 3.05) is 19.9 Å². The molecular weight excluding hydrogens is 226 g/mol. The Morgan fingerprint density at radius 1 is 1.38 bits per heavy atom. The lowest BCUT2D eigenvalue weighted by Gasteiger charge is -2.23. The van der Waals surface area contributed by atoms with Gasteiger partial charge in [0.2, 0.25) is 0 Å². The second-order valence-corrected chi connectivity index (χ2v) is 4.72. The fourth-order valence-electron chi connectivity index (χ4n) is 2.43. The third-order valence-corrected chi connectivity index (χ3v) is 3.42. The van der Waals surface area contributed by atoms with Crippen molar-refractivity contribution in [2.45, 2.75) is 18.9 Å². The molecule has 2 heterocycles. The molecule has 86 valence electrons. The quantitative estimate of drug-likeness (QED) is 0.816. The third-order valence-electron chi connectivity index (χ3n) is 3.20. The lowest BCUT2D eigenvalue weighted by Crippen LogP contribution is -2.15. The summed E-state index contributed by atoms with van der Waals surface area (Å²) < 4.78 is 10.9. The van der Waals surface area contributed by atoms with Crippen molar-refractivity contribution >= 4 is 11.6 Å². The standard InChI is InChI=1S/C12H14ClNO2/c13-10-3-9-6-15-7-16-12(9)11(4-10)8-1-2-14-5-8/h3-4,8,14H,1-2,5-7H2. The van der Waals surface area contributed by atoms with E-state index in [1.54, 1.807) is 0 Å². The molecule has 3 rings (SSSR count). The van der Waals surface area contributed by atoms with E-state index < -0.39 is 0 Å². The molecule has 16 heavy (non-hydrogen) atoms. The second-order valence-electron chi connectivity index (χ2n) is 4.28. The predicted octanol–water partition coefficient (Wildman–Crippen LogP) is 2.28. The summed E-state index contributed by atoms with van der Waals surface area (Å²) in [5, 5.41) is 4.14. The fraction of sp³-hybridized carbons (Fsp3) is 0.500. The third kappa shape index (κ3) is 1.79. The van der Waals surface area contributed by atoms with E-state index in [-0.39, 0.29) is 0 Å². The largest absolute Gasteiger partial charge is 0.467 e. The van der Waals surface area contributed by atoms with E-state index in [1.807, 2.05) is 12.1 Å². The highest BCUT2D eigenvalue weighted by molar-refractivity contribution is 6.30. The van der Waals surface area contributed by atoms with Crippen LogP contribution in [0, 0.1) is 0 Å². The first kappa shape index (κ1) is 10.4. The van der Waals surface area contributed by atoms with Gasteiger partial charge in [0.1, 0.15) is 5.75 Å². The van der Waals surface area contributed by atoms with Crippen molar-refractivity contribution in [1.29, 1.82) is 0 Å². The molecule has 0 aliphatic carbocycles. The van der Waals surface area contributed by atoms with Gasteiger partial charge in [-0.25, -0.2) is 0 Å². The van der Waals surface area contributed by atoms with Gasteiger partial charge in [0.25, 0.3) is 0 Å². The van der Waals surface area contributed by atoms with Crippen LogP contribution in [0.3, 0.4) is 0 Å². The van der Waals surface area contributed by atoms with Gasteiger partial charge in [0.05, 0.1) is 6.61 Å². The van der Waals surface area contributed by atoms with Crippen molar-refractivity contribution in [3.05, 3.63) is 28.3 Å². The highest BCUT2D eigenvalue weighted by Gasteiger charge is 2.24. The number of hydrogen-bond acceptors (Lipinski definition) is 3. The highest BCUT2D eigenvalue weighted by atomic mass is 35.5. The molecule has 4 heteroatoms. The lowest BCUT2D eigenvalue weighted by atomic mass is 9.95. The van der Waals surface area contributed by atoms with Gasteiger partial charge in [0, 0.05) is 28.6 Å². The van der Waals surface area contributed by atoms with Crippen molar-refractivity contribution in [3.8, 4) is 5.75 Å². The molecule has 0 bridgehead atoms. The number of nitrogens with one attached hydrogen (secondary N) is 1. The monoisotopic (exact) mass is 239 g/mol. The van der Waals surface area contributed by atoms with E-state index >= 15 is 0 Å². The molecule has 0 radical (unpaired) electrons. The maximum atomic E-state index is 6.13. The number of rotatable bonds is 1. The van der Waals surface area contributed by atoms with Crippen molar-refractivity contribution < 1.29 is 9.47 Å². The smallest absolute Gasteiger partial charge is 0.189 e. The van der Waals surface area contributed by atoms with Gasteiger partial charge < -0.3 is 14.8 Å². The molecule has 3 nitrogen and oxygen atoms in total. The average Bonchev–Trinajstić information content (AvgIpc) is 2.81. The average molecular weight is 240 g/mol. The summed E-state index contributed by atoms with van der Waals surface area (Å²) in [5.41, 5.74) is 2.30. The summed E-state index contributed by atoms with van der Waals surface area (Å²) in [4.78, 5) is 0. The Kier molecular flexibility index (Phi) is 2.75. The SMILES string of the molecule is Clc1cc2c(c(C3CCNC3)c1)OCOC2. The van der Waals surface area contributed by atoms with Crippen LogP contribution in [0.2, 0.25) is 5.02 Å². The van der Waals surface area contributed by atoms with Gasteiger partial charge in [-0.05, 0) is 25.1 Å². The summed E-state index contributed by atoms with van der Waals surface area (Å²) >= 11 is 6.13. The van der Waals surface area contributed by atoms with E-state index in [0.717, 1.165) is 35.8 Å². The molecule has 0 saturated carbocycles. The van der Waals surface area contributed by atoms with Gasteiger partial charge in [0.15, 0.2) is 6.79 Å². The van der Waals surface area contributed by atoms with Crippen LogP contribution in [0.1, 0.15) is 23.5 Å². The van der Waals surface area contributed by atoms with Gasteiger partial charge in [-0.3, -0.25) is 0 Å². The molecule has 1 unspecified atom stereocenters. The number of fused-ring (bicyclic) bond motifs is 1. The molecule has 2 aliphatic rings. The molecule has 0 amide bonds. The summed E-state index contributed by atoms with van der Waals surface area (Å²) in [6.45, 7) is 3.03. The second kappa shape index (κ2) is 4.24. The van der Waals surface area contributed by atoms with Gasteiger partial charge >= 0.3 is 0 Å². The number of halogens is 1. The van der Waals surface area contributed by atoms with Crippen LogP contribution in [0.25, 0.3) is 0 Å². The first-order valence-electron chi connectivity index (χ1n) is 5.58. The maximum Gasteiger partial charge on any atom is 0.189 e. The zero-order valence-corrected chi connectivity index (χ0v) is 9.72. The lowest BCUT2D eigenvalue weighted by molar-refractivity contribution is -0.0172. The Bertz CT molecular complexity index is 402. The van der Waals surface area contributed by atoms with Crippen LogP contribution in [0.5, 0.6) is 5.75 Å². The van der Waals surface area contributed by atoms with Crippen LogP contribution in [-0.2, 0) is 11.3 Å². The van der Waals surface area contributed by atoms with Gasteiger partial charge in [-0.1, -0.05) is 11.6 Å². The maximum absolute atomic E-state index is 6.13. The molecule has 1 aromatic rings. The van der Waals surface area contributed by atoms with Crippen molar-refractivity contribution in [2.24, 2.45) is 0 Å². The molecule has 0 spiro atoms. The Morgan fingerprint density at radius 2 is 2.31 bits per heavy atom. The Labute approximate surface area is 99.7 Å². The topological polar surface area (TPSA) is 30.5 Å². The molecular formula is C12H14ClNO2. The summed E-state index contributed by atoms with van der Waals surface area (Å²) in [7, 11) is 0. The Balaban J connectivity index is 2.04. The molecule has 0 aromatic heterocycles. The molecule has 1 fully saturated rings. The van der Waals surface area contributed by atoms with Gasteiger partial charge in [-0.2, -0.15) is 0 Å². The predicted molar refractivity (Wildman–Crippen MR) is 62.0 cm³/mol. The van der Waals surface area contributed by atoms with Crippen molar-refractivity contribution in [3.63, 3.8) is 0 Å². The number of ether oxygens (including phenoxy) is 2. The Hall–Kier alpha value is -0.770. The van der Waals surface area contributed by atoms with E-state index in [0.29, 0.717) is 19.3 Å². The van der Waals surface area contributed by atoms with Gasteiger partial charge in [-0.15, -0.1) is 0 Å². The first-order valence-corrected chi connectivity index (χ1v) is 5.96. The van der Waals surface area contributed by atoms with E-state index in [4.69, 9.17) is 21.1 Å². The van der Waals surface area contributed by atoms with Crippen LogP contribution >= 0.6 is 11.6 Å². The Morgan fingerprint density at radius 3 is 3.12 bits per heavy atom. The first-order chi connectivity index (χ1) is 7.84. The highest BCUT2D eigenvalue weighted by Crippen LogP contribution is 2.37. The molecule has 1 atom stereocenters. The van der Waals surface area contributed by atoms with Crippen LogP contribution in [0.4, 0.5) is 0 Å². The van der Waals surface area contributed by atoms with E-state index in [2.05, 4.69) is 5.32 Å². The summed E-state index contributed by atoms with van der Waals surface area (Å²) in [6.07, 6.45) is 1.15.